The van der Waals surface area contributed by atoms with Gasteiger partial charge in [0.05, 0.1) is 19.3 Å². The van der Waals surface area contributed by atoms with Gasteiger partial charge in [0.1, 0.15) is 11.9 Å². The third-order valence-electron chi connectivity index (χ3n) is 4.22. The van der Waals surface area contributed by atoms with E-state index < -0.39 is 0 Å². The minimum atomic E-state index is 0.0472. The number of hydrogen-bond donors (Lipinski definition) is 2. The largest absolute Gasteiger partial charge is 0.489 e. The van der Waals surface area contributed by atoms with Crippen molar-refractivity contribution in [3.8, 4) is 5.75 Å². The van der Waals surface area contributed by atoms with Crippen LogP contribution in [0.5, 0.6) is 5.75 Å². The molecule has 1 aromatic carbocycles. The Balaban J connectivity index is 1.53. The first-order valence-electron chi connectivity index (χ1n) is 9.54. The summed E-state index contributed by atoms with van der Waals surface area (Å²) in [6.45, 7) is 7.93. The van der Waals surface area contributed by atoms with E-state index in [0.29, 0.717) is 19.3 Å². The van der Waals surface area contributed by atoms with Gasteiger partial charge >= 0.3 is 0 Å². The van der Waals surface area contributed by atoms with Crippen molar-refractivity contribution in [1.82, 2.24) is 10.6 Å². The molecular weight excluding hydrogens is 330 g/mol. The van der Waals surface area contributed by atoms with Gasteiger partial charge < -0.3 is 24.8 Å². The van der Waals surface area contributed by atoms with Crippen LogP contribution in [0.2, 0.25) is 0 Å². The highest BCUT2D eigenvalue weighted by Gasteiger charge is 2.14. The van der Waals surface area contributed by atoms with E-state index in [0.717, 1.165) is 50.7 Å². The van der Waals surface area contributed by atoms with Gasteiger partial charge in [0.25, 0.3) is 0 Å². The molecule has 26 heavy (non-hydrogen) atoms. The summed E-state index contributed by atoms with van der Waals surface area (Å²) in [6, 6.07) is 8.10. The van der Waals surface area contributed by atoms with Gasteiger partial charge in [-0.25, -0.2) is 0 Å². The van der Waals surface area contributed by atoms with Gasteiger partial charge in [0.15, 0.2) is 5.96 Å². The van der Waals surface area contributed by atoms with Gasteiger partial charge in [-0.15, -0.1) is 0 Å². The number of rotatable bonds is 10. The van der Waals surface area contributed by atoms with Crippen LogP contribution in [0.15, 0.2) is 29.3 Å². The lowest BCUT2D eigenvalue weighted by Crippen LogP contribution is -2.42. The number of nitrogens with one attached hydrogen (secondary N) is 2. The van der Waals surface area contributed by atoms with Gasteiger partial charge in [-0.05, 0) is 45.2 Å². The van der Waals surface area contributed by atoms with Crippen LogP contribution in [0.25, 0.3) is 0 Å². The molecule has 2 atom stereocenters. The highest BCUT2D eigenvalue weighted by molar-refractivity contribution is 5.79. The average molecular weight is 364 g/mol. The number of guanidine groups is 1. The predicted octanol–water partition coefficient (Wildman–Crippen LogP) is 2.51. The molecule has 0 aromatic heterocycles. The van der Waals surface area contributed by atoms with E-state index in [9.17, 15) is 0 Å². The van der Waals surface area contributed by atoms with Gasteiger partial charge in [0.2, 0.25) is 0 Å². The summed E-state index contributed by atoms with van der Waals surface area (Å²) in [5, 5.41) is 6.59. The number of aryl methyl sites for hydroxylation is 1. The summed E-state index contributed by atoms with van der Waals surface area (Å²) in [4.78, 5) is 4.24. The zero-order chi connectivity index (χ0) is 18.6. The highest BCUT2D eigenvalue weighted by Crippen LogP contribution is 2.13. The summed E-state index contributed by atoms with van der Waals surface area (Å²) in [5.41, 5.74) is 1.23. The van der Waals surface area contributed by atoms with Crippen LogP contribution in [0.4, 0.5) is 0 Å². The van der Waals surface area contributed by atoms with Crippen molar-refractivity contribution in [3.63, 3.8) is 0 Å². The van der Waals surface area contributed by atoms with Crippen LogP contribution in [-0.2, 0) is 9.47 Å². The fourth-order valence-corrected chi connectivity index (χ4v) is 2.72. The van der Waals surface area contributed by atoms with E-state index >= 15 is 0 Å². The Morgan fingerprint density at radius 2 is 2.12 bits per heavy atom. The molecule has 0 spiro atoms. The Labute approximate surface area is 157 Å². The molecule has 1 saturated heterocycles. The summed E-state index contributed by atoms with van der Waals surface area (Å²) in [5.74, 6) is 1.67. The molecule has 0 aliphatic carbocycles. The lowest BCUT2D eigenvalue weighted by Gasteiger charge is -2.18. The van der Waals surface area contributed by atoms with Gasteiger partial charge in [-0.1, -0.05) is 17.7 Å². The highest BCUT2D eigenvalue weighted by atomic mass is 16.5. The minimum absolute atomic E-state index is 0.0472. The zero-order valence-corrected chi connectivity index (χ0v) is 16.3. The van der Waals surface area contributed by atoms with Crippen LogP contribution in [-0.4, -0.2) is 58.1 Å². The summed E-state index contributed by atoms with van der Waals surface area (Å²) in [7, 11) is 1.77. The molecule has 6 nitrogen and oxygen atoms in total. The molecule has 2 N–H and O–H groups in total. The average Bonchev–Trinajstić information content (AvgIpc) is 3.16. The lowest BCUT2D eigenvalue weighted by atomic mass is 10.2. The molecule has 2 rings (SSSR count). The first kappa shape index (κ1) is 20.5. The monoisotopic (exact) mass is 363 g/mol. The second-order valence-electron chi connectivity index (χ2n) is 6.68. The molecule has 2 unspecified atom stereocenters. The Bertz CT molecular complexity index is 528. The molecule has 146 valence electrons. The number of aliphatic imine (C=N–C) groups is 1. The van der Waals surface area contributed by atoms with Crippen molar-refractivity contribution in [1.29, 1.82) is 0 Å². The molecule has 1 aliphatic heterocycles. The maximum atomic E-state index is 5.89. The van der Waals surface area contributed by atoms with E-state index in [1.807, 2.05) is 19.1 Å². The second kappa shape index (κ2) is 11.8. The van der Waals surface area contributed by atoms with Crippen molar-refractivity contribution in [2.45, 2.75) is 45.3 Å². The van der Waals surface area contributed by atoms with Crippen molar-refractivity contribution in [2.75, 3.05) is 40.0 Å². The van der Waals surface area contributed by atoms with Crippen molar-refractivity contribution < 1.29 is 14.2 Å². The quantitative estimate of drug-likeness (QED) is 0.380. The molecule has 6 heteroatoms. The Hall–Kier alpha value is -1.79. The second-order valence-corrected chi connectivity index (χ2v) is 6.68. The first-order valence-corrected chi connectivity index (χ1v) is 9.54. The zero-order valence-electron chi connectivity index (χ0n) is 16.3. The first-order chi connectivity index (χ1) is 12.7. The van der Waals surface area contributed by atoms with E-state index in [-0.39, 0.29) is 6.10 Å². The fourth-order valence-electron chi connectivity index (χ4n) is 2.72. The van der Waals surface area contributed by atoms with Gasteiger partial charge in [-0.3, -0.25) is 4.99 Å². The molecule has 1 aromatic rings. The summed E-state index contributed by atoms with van der Waals surface area (Å²) < 4.78 is 17.1. The molecule has 1 heterocycles. The van der Waals surface area contributed by atoms with E-state index in [1.165, 1.54) is 5.56 Å². The van der Waals surface area contributed by atoms with E-state index in [2.05, 4.69) is 34.7 Å². The number of nitrogens with zero attached hydrogens (tertiary/aromatic N) is 1. The van der Waals surface area contributed by atoms with E-state index in [4.69, 9.17) is 14.2 Å². The summed E-state index contributed by atoms with van der Waals surface area (Å²) in [6.07, 6.45) is 3.56. The smallest absolute Gasteiger partial charge is 0.191 e. The summed E-state index contributed by atoms with van der Waals surface area (Å²) >= 11 is 0. The van der Waals surface area contributed by atoms with Crippen LogP contribution < -0.4 is 15.4 Å². The molecule has 0 bridgehead atoms. The molecule has 1 fully saturated rings. The third-order valence-corrected chi connectivity index (χ3v) is 4.22. The SMILES string of the molecule is CN=C(NCCCOCC1CCCO1)NCC(C)Oc1ccc(C)cc1. The number of hydrogen-bond acceptors (Lipinski definition) is 4. The standard InChI is InChI=1S/C20H33N3O3/c1-16-7-9-18(10-8-16)26-17(2)14-23-20(21-3)22-11-5-12-24-15-19-6-4-13-25-19/h7-10,17,19H,4-6,11-15H2,1-3H3,(H2,21,22,23). The van der Waals surface area contributed by atoms with Crippen molar-refractivity contribution in [3.05, 3.63) is 29.8 Å². The Morgan fingerprint density at radius 1 is 1.31 bits per heavy atom. The van der Waals surface area contributed by atoms with Gasteiger partial charge in [0, 0.05) is 26.8 Å². The number of ether oxygens (including phenoxy) is 3. The molecule has 0 radical (unpaired) electrons. The molecule has 1 aliphatic rings. The lowest BCUT2D eigenvalue weighted by molar-refractivity contribution is 0.0168. The van der Waals surface area contributed by atoms with Crippen LogP contribution >= 0.6 is 0 Å². The Kier molecular flexibility index (Phi) is 9.28. The van der Waals surface area contributed by atoms with Gasteiger partial charge in [-0.2, -0.15) is 0 Å². The van der Waals surface area contributed by atoms with Crippen molar-refractivity contribution >= 4 is 5.96 Å². The minimum Gasteiger partial charge on any atom is -0.489 e. The van der Waals surface area contributed by atoms with Crippen LogP contribution in [0, 0.1) is 6.92 Å². The Morgan fingerprint density at radius 3 is 2.81 bits per heavy atom. The van der Waals surface area contributed by atoms with Crippen LogP contribution in [0.3, 0.4) is 0 Å². The van der Waals surface area contributed by atoms with E-state index in [1.54, 1.807) is 7.05 Å². The fraction of sp³-hybridized carbons (Fsp3) is 0.650. The molecule has 0 amide bonds. The molecule has 0 saturated carbocycles. The van der Waals surface area contributed by atoms with Crippen molar-refractivity contribution in [2.24, 2.45) is 4.99 Å². The third kappa shape index (κ3) is 8.06. The van der Waals surface area contributed by atoms with Crippen LogP contribution in [0.1, 0.15) is 31.7 Å². The molecular formula is C20H33N3O3. The predicted molar refractivity (Wildman–Crippen MR) is 105 cm³/mol. The maximum absolute atomic E-state index is 5.89. The maximum Gasteiger partial charge on any atom is 0.191 e. The normalized spacial score (nSPS) is 18.6. The number of benzene rings is 1. The topological polar surface area (TPSA) is 64.1 Å².